The largest absolute Gasteiger partial charge is 0.497 e. The lowest BCUT2D eigenvalue weighted by molar-refractivity contribution is -0.136. The molecule has 0 N–H and O–H groups in total. The van der Waals surface area contributed by atoms with Crippen molar-refractivity contribution in [1.29, 1.82) is 0 Å². The van der Waals surface area contributed by atoms with Crippen LogP contribution in [0.15, 0.2) is 42.5 Å². The van der Waals surface area contributed by atoms with Gasteiger partial charge in [-0.15, -0.1) is 0 Å². The van der Waals surface area contributed by atoms with E-state index in [1.807, 2.05) is 55.1 Å². The number of hydrogen-bond donors (Lipinski definition) is 0. The van der Waals surface area contributed by atoms with E-state index in [9.17, 15) is 4.79 Å². The zero-order valence-electron chi connectivity index (χ0n) is 18.1. The number of amides is 1. The van der Waals surface area contributed by atoms with Crippen molar-refractivity contribution >= 4 is 16.9 Å². The standard InChI is InChI=1S/C24H29N3O3/c1-16(15-27-17(2)25-20-8-5-6-9-22(20)27)24(28)26-13-7-10-21(26)19-12-11-18(29-3)14-23(19)30-4/h5-6,8-9,11-12,14,16,21H,7,10,13,15H2,1-4H3/t16-,21+/m0/s1. The molecule has 2 aromatic carbocycles. The van der Waals surface area contributed by atoms with E-state index in [1.165, 1.54) is 0 Å². The first kappa shape index (κ1) is 20.3. The number of para-hydroxylation sites is 2. The third-order valence-corrected chi connectivity index (χ3v) is 6.06. The molecular weight excluding hydrogens is 378 g/mol. The number of rotatable bonds is 6. The topological polar surface area (TPSA) is 56.6 Å². The number of hydrogen-bond acceptors (Lipinski definition) is 4. The summed E-state index contributed by atoms with van der Waals surface area (Å²) in [5.41, 5.74) is 3.08. The van der Waals surface area contributed by atoms with Gasteiger partial charge in [0.25, 0.3) is 0 Å². The van der Waals surface area contributed by atoms with Gasteiger partial charge in [-0.3, -0.25) is 4.79 Å². The lowest BCUT2D eigenvalue weighted by atomic mass is 10.0. The Morgan fingerprint density at radius 1 is 1.20 bits per heavy atom. The maximum atomic E-state index is 13.5. The van der Waals surface area contributed by atoms with Crippen molar-refractivity contribution < 1.29 is 14.3 Å². The Morgan fingerprint density at radius 2 is 2.00 bits per heavy atom. The van der Waals surface area contributed by atoms with Gasteiger partial charge in [-0.2, -0.15) is 0 Å². The van der Waals surface area contributed by atoms with Crippen LogP contribution in [0.5, 0.6) is 11.5 Å². The smallest absolute Gasteiger partial charge is 0.227 e. The van der Waals surface area contributed by atoms with Crippen LogP contribution in [-0.4, -0.2) is 41.1 Å². The van der Waals surface area contributed by atoms with E-state index >= 15 is 0 Å². The number of imidazole rings is 1. The second kappa shape index (κ2) is 8.38. The van der Waals surface area contributed by atoms with Gasteiger partial charge in [0.05, 0.1) is 37.2 Å². The van der Waals surface area contributed by atoms with Crippen LogP contribution in [0, 0.1) is 12.8 Å². The third kappa shape index (κ3) is 3.62. The molecule has 1 aliphatic heterocycles. The molecule has 0 aliphatic carbocycles. The molecule has 1 saturated heterocycles. The number of likely N-dealkylation sites (tertiary alicyclic amines) is 1. The summed E-state index contributed by atoms with van der Waals surface area (Å²) in [6.45, 7) is 5.40. The number of carbonyl (C=O) groups is 1. The number of aromatic nitrogens is 2. The summed E-state index contributed by atoms with van der Waals surface area (Å²) in [6.07, 6.45) is 1.93. The van der Waals surface area contributed by atoms with Crippen LogP contribution in [0.4, 0.5) is 0 Å². The minimum absolute atomic E-state index is 0.0291. The molecule has 3 aromatic rings. The number of aryl methyl sites for hydroxylation is 1. The lowest BCUT2D eigenvalue weighted by Gasteiger charge is -2.29. The fourth-order valence-corrected chi connectivity index (χ4v) is 4.51. The average molecular weight is 408 g/mol. The summed E-state index contributed by atoms with van der Waals surface area (Å²) in [7, 11) is 3.30. The Morgan fingerprint density at radius 3 is 2.77 bits per heavy atom. The monoisotopic (exact) mass is 407 g/mol. The maximum absolute atomic E-state index is 13.5. The van der Waals surface area contributed by atoms with Gasteiger partial charge in [0, 0.05) is 24.7 Å². The maximum Gasteiger partial charge on any atom is 0.227 e. The molecule has 4 rings (SSSR count). The number of methoxy groups -OCH3 is 2. The SMILES string of the molecule is COc1ccc([C@H]2CCCN2C(=O)[C@@H](C)Cn2c(C)nc3ccccc32)c(OC)c1. The fourth-order valence-electron chi connectivity index (χ4n) is 4.51. The van der Waals surface area contributed by atoms with Crippen molar-refractivity contribution in [3.05, 3.63) is 53.9 Å². The van der Waals surface area contributed by atoms with E-state index < -0.39 is 0 Å². The molecule has 0 saturated carbocycles. The molecule has 0 unspecified atom stereocenters. The lowest BCUT2D eigenvalue weighted by Crippen LogP contribution is -2.36. The predicted molar refractivity (Wildman–Crippen MR) is 117 cm³/mol. The molecule has 1 aromatic heterocycles. The van der Waals surface area contributed by atoms with Crippen LogP contribution in [0.3, 0.4) is 0 Å². The summed E-state index contributed by atoms with van der Waals surface area (Å²) < 4.78 is 13.1. The number of fused-ring (bicyclic) bond motifs is 1. The van der Waals surface area contributed by atoms with E-state index in [0.29, 0.717) is 6.54 Å². The van der Waals surface area contributed by atoms with Crippen LogP contribution < -0.4 is 9.47 Å². The first-order chi connectivity index (χ1) is 14.5. The Balaban J connectivity index is 1.57. The van der Waals surface area contributed by atoms with Crippen molar-refractivity contribution in [3.63, 3.8) is 0 Å². The van der Waals surface area contributed by atoms with Crippen LogP contribution in [-0.2, 0) is 11.3 Å². The average Bonchev–Trinajstić information content (AvgIpc) is 3.37. The van der Waals surface area contributed by atoms with Crippen LogP contribution in [0.2, 0.25) is 0 Å². The van der Waals surface area contributed by atoms with E-state index in [0.717, 1.165) is 53.3 Å². The highest BCUT2D eigenvalue weighted by Gasteiger charge is 2.34. The molecular formula is C24H29N3O3. The zero-order valence-corrected chi connectivity index (χ0v) is 18.1. The first-order valence-corrected chi connectivity index (χ1v) is 10.5. The Bertz CT molecular complexity index is 1060. The first-order valence-electron chi connectivity index (χ1n) is 10.5. The van der Waals surface area contributed by atoms with Gasteiger partial charge < -0.3 is 18.9 Å². The van der Waals surface area contributed by atoms with E-state index in [2.05, 4.69) is 15.6 Å². The van der Waals surface area contributed by atoms with Gasteiger partial charge >= 0.3 is 0 Å². The minimum Gasteiger partial charge on any atom is -0.497 e. The van der Waals surface area contributed by atoms with Crippen molar-refractivity contribution in [1.82, 2.24) is 14.5 Å². The van der Waals surface area contributed by atoms with Crippen LogP contribution in [0.25, 0.3) is 11.0 Å². The fraction of sp³-hybridized carbons (Fsp3) is 0.417. The summed E-state index contributed by atoms with van der Waals surface area (Å²) >= 11 is 0. The van der Waals surface area contributed by atoms with Crippen molar-refractivity contribution in [3.8, 4) is 11.5 Å². The molecule has 0 bridgehead atoms. The molecule has 0 radical (unpaired) electrons. The highest BCUT2D eigenvalue weighted by Crippen LogP contribution is 2.39. The van der Waals surface area contributed by atoms with Gasteiger partial charge in [-0.05, 0) is 44.0 Å². The van der Waals surface area contributed by atoms with E-state index in [1.54, 1.807) is 14.2 Å². The Hall–Kier alpha value is -3.02. The van der Waals surface area contributed by atoms with E-state index in [4.69, 9.17) is 9.47 Å². The highest BCUT2D eigenvalue weighted by atomic mass is 16.5. The molecule has 1 fully saturated rings. The van der Waals surface area contributed by atoms with E-state index in [-0.39, 0.29) is 17.9 Å². The van der Waals surface area contributed by atoms with Crippen molar-refractivity contribution in [2.45, 2.75) is 39.3 Å². The summed E-state index contributed by atoms with van der Waals surface area (Å²) in [5, 5.41) is 0. The molecule has 6 heteroatoms. The number of ether oxygens (including phenoxy) is 2. The van der Waals surface area contributed by atoms with Gasteiger partial charge in [0.1, 0.15) is 17.3 Å². The Labute approximate surface area is 177 Å². The van der Waals surface area contributed by atoms with Crippen molar-refractivity contribution in [2.75, 3.05) is 20.8 Å². The molecule has 30 heavy (non-hydrogen) atoms. The number of benzene rings is 2. The second-order valence-electron chi connectivity index (χ2n) is 7.96. The van der Waals surface area contributed by atoms with Crippen LogP contribution >= 0.6 is 0 Å². The predicted octanol–water partition coefficient (Wildman–Crippen LogP) is 4.36. The quantitative estimate of drug-likeness (QED) is 0.609. The molecule has 6 nitrogen and oxygen atoms in total. The molecule has 1 aliphatic rings. The summed E-state index contributed by atoms with van der Waals surface area (Å²) in [6, 6.07) is 14.0. The summed E-state index contributed by atoms with van der Waals surface area (Å²) in [5.74, 6) is 2.48. The van der Waals surface area contributed by atoms with Crippen molar-refractivity contribution in [2.24, 2.45) is 5.92 Å². The van der Waals surface area contributed by atoms with Gasteiger partial charge in [0.15, 0.2) is 0 Å². The minimum atomic E-state index is -0.147. The second-order valence-corrected chi connectivity index (χ2v) is 7.96. The molecule has 158 valence electrons. The molecule has 2 heterocycles. The zero-order chi connectivity index (χ0) is 21.3. The number of nitrogens with zero attached hydrogens (tertiary/aromatic N) is 3. The Kier molecular flexibility index (Phi) is 5.66. The van der Waals surface area contributed by atoms with Gasteiger partial charge in [0.2, 0.25) is 5.91 Å². The molecule has 0 spiro atoms. The normalized spacial score (nSPS) is 17.3. The van der Waals surface area contributed by atoms with Gasteiger partial charge in [-0.1, -0.05) is 19.1 Å². The summed E-state index contributed by atoms with van der Waals surface area (Å²) in [4.78, 5) is 20.1. The molecule has 2 atom stereocenters. The highest BCUT2D eigenvalue weighted by molar-refractivity contribution is 5.80. The van der Waals surface area contributed by atoms with Crippen LogP contribution in [0.1, 0.15) is 37.2 Å². The number of carbonyl (C=O) groups excluding carboxylic acids is 1. The third-order valence-electron chi connectivity index (χ3n) is 6.06. The van der Waals surface area contributed by atoms with Gasteiger partial charge in [-0.25, -0.2) is 4.98 Å². The molecule has 1 amide bonds.